The maximum atomic E-state index is 12.8. The number of hydrogen-bond donors (Lipinski definition) is 3. The zero-order valence-electron chi connectivity index (χ0n) is 22.2. The number of aryl methyl sites for hydroxylation is 1. The number of benzene rings is 2. The van der Waals surface area contributed by atoms with Crippen LogP contribution in [-0.4, -0.2) is 67.5 Å². The Morgan fingerprint density at radius 2 is 1.80 bits per heavy atom. The van der Waals surface area contributed by atoms with E-state index in [1.807, 2.05) is 41.1 Å². The van der Waals surface area contributed by atoms with Gasteiger partial charge in [0.1, 0.15) is 5.75 Å². The maximum Gasteiger partial charge on any atom is 0.260 e. The monoisotopic (exact) mass is 549 g/mol. The van der Waals surface area contributed by atoms with E-state index in [-0.39, 0.29) is 17.2 Å². The number of nitrogens with one attached hydrogen (secondary N) is 2. The molecule has 41 heavy (non-hydrogen) atoms. The van der Waals surface area contributed by atoms with E-state index in [1.165, 1.54) is 12.3 Å². The second-order valence-electron chi connectivity index (χ2n) is 9.62. The molecule has 1 saturated heterocycles. The first kappa shape index (κ1) is 26.0. The highest BCUT2D eigenvalue weighted by atomic mass is 16.5. The number of aromatic nitrogens is 4. The molecule has 206 valence electrons. The molecule has 1 fully saturated rings. The summed E-state index contributed by atoms with van der Waals surface area (Å²) in [6, 6.07) is 16.0. The fourth-order valence-corrected chi connectivity index (χ4v) is 4.61. The Labute approximate surface area is 235 Å². The molecule has 11 nitrogen and oxygen atoms in total. The Bertz CT molecular complexity index is 1740. The fraction of sp³-hybridized carbons (Fsp3) is 0.167. The third kappa shape index (κ3) is 5.56. The highest BCUT2D eigenvalue weighted by molar-refractivity contribution is 6.06. The van der Waals surface area contributed by atoms with E-state index in [0.717, 1.165) is 11.3 Å². The van der Waals surface area contributed by atoms with Gasteiger partial charge in [0.05, 0.1) is 24.5 Å². The summed E-state index contributed by atoms with van der Waals surface area (Å²) in [5.41, 5.74) is 4.65. The van der Waals surface area contributed by atoms with Gasteiger partial charge in [0, 0.05) is 72.1 Å². The van der Waals surface area contributed by atoms with Crippen molar-refractivity contribution < 1.29 is 19.4 Å². The molecular weight excluding hydrogens is 522 g/mol. The van der Waals surface area contributed by atoms with Crippen LogP contribution in [-0.2, 0) is 4.74 Å². The van der Waals surface area contributed by atoms with Crippen molar-refractivity contribution in [2.75, 3.05) is 36.9 Å². The molecule has 11 heteroatoms. The summed E-state index contributed by atoms with van der Waals surface area (Å²) in [6.07, 6.45) is 6.72. The van der Waals surface area contributed by atoms with Crippen LogP contribution >= 0.6 is 0 Å². The molecule has 0 bridgehead atoms. The molecule has 1 aliphatic rings. The SMILES string of the molecule is Cc1cc(O)c(C(=O)Nc2cccc(-c3cn4ccnc4c(Nc4ccc(C(=O)N5CCOCC5)cc4)n3)c2)cn1. The number of amides is 2. The normalized spacial score (nSPS) is 13.2. The van der Waals surface area contributed by atoms with Crippen molar-refractivity contribution in [2.24, 2.45) is 0 Å². The smallest absolute Gasteiger partial charge is 0.260 e. The molecule has 4 heterocycles. The highest BCUT2D eigenvalue weighted by Gasteiger charge is 2.19. The molecule has 0 radical (unpaired) electrons. The van der Waals surface area contributed by atoms with Gasteiger partial charge in [0.2, 0.25) is 0 Å². The number of hydrogen-bond acceptors (Lipinski definition) is 8. The van der Waals surface area contributed by atoms with Crippen molar-refractivity contribution in [3.63, 3.8) is 0 Å². The van der Waals surface area contributed by atoms with E-state index in [1.54, 1.807) is 42.3 Å². The van der Waals surface area contributed by atoms with Crippen molar-refractivity contribution in [3.05, 3.63) is 96.2 Å². The van der Waals surface area contributed by atoms with Gasteiger partial charge in [-0.25, -0.2) is 9.97 Å². The van der Waals surface area contributed by atoms with Crippen molar-refractivity contribution in [1.82, 2.24) is 24.3 Å². The van der Waals surface area contributed by atoms with Gasteiger partial charge in [-0.1, -0.05) is 12.1 Å². The molecule has 6 rings (SSSR count). The minimum atomic E-state index is -0.469. The van der Waals surface area contributed by atoms with E-state index in [4.69, 9.17) is 9.72 Å². The van der Waals surface area contributed by atoms with Crippen molar-refractivity contribution in [2.45, 2.75) is 6.92 Å². The summed E-state index contributed by atoms with van der Waals surface area (Å²) >= 11 is 0. The molecule has 1 aliphatic heterocycles. The molecule has 0 atom stereocenters. The van der Waals surface area contributed by atoms with Crippen LogP contribution in [0.4, 0.5) is 17.2 Å². The molecular formula is C30H27N7O4. The number of ether oxygens (including phenoxy) is 1. The highest BCUT2D eigenvalue weighted by Crippen LogP contribution is 2.27. The average molecular weight is 550 g/mol. The lowest BCUT2D eigenvalue weighted by molar-refractivity contribution is 0.0303. The van der Waals surface area contributed by atoms with Crippen LogP contribution in [0.5, 0.6) is 5.75 Å². The lowest BCUT2D eigenvalue weighted by Crippen LogP contribution is -2.40. The van der Waals surface area contributed by atoms with Gasteiger partial charge >= 0.3 is 0 Å². The van der Waals surface area contributed by atoms with Gasteiger partial charge in [0.15, 0.2) is 11.5 Å². The largest absolute Gasteiger partial charge is 0.507 e. The van der Waals surface area contributed by atoms with Crippen LogP contribution < -0.4 is 10.6 Å². The van der Waals surface area contributed by atoms with Crippen molar-refractivity contribution in [1.29, 1.82) is 0 Å². The van der Waals surface area contributed by atoms with Crippen LogP contribution in [0.1, 0.15) is 26.4 Å². The Morgan fingerprint density at radius 3 is 2.59 bits per heavy atom. The fourth-order valence-electron chi connectivity index (χ4n) is 4.61. The van der Waals surface area contributed by atoms with E-state index in [9.17, 15) is 14.7 Å². The number of nitrogens with zero attached hydrogens (tertiary/aromatic N) is 5. The first-order valence-electron chi connectivity index (χ1n) is 13.1. The number of anilines is 3. The molecule has 2 aromatic carbocycles. The summed E-state index contributed by atoms with van der Waals surface area (Å²) in [5, 5.41) is 16.3. The van der Waals surface area contributed by atoms with E-state index >= 15 is 0 Å². The molecule has 5 aromatic rings. The number of carbonyl (C=O) groups excluding carboxylic acids is 2. The predicted molar refractivity (Wildman–Crippen MR) is 153 cm³/mol. The van der Waals surface area contributed by atoms with Crippen LogP contribution in [0, 0.1) is 6.92 Å². The van der Waals surface area contributed by atoms with Gasteiger partial charge in [-0.3, -0.25) is 14.6 Å². The third-order valence-electron chi connectivity index (χ3n) is 6.75. The number of rotatable bonds is 6. The maximum absolute atomic E-state index is 12.8. The van der Waals surface area contributed by atoms with Crippen molar-refractivity contribution >= 4 is 34.7 Å². The molecule has 0 aliphatic carbocycles. The molecule has 0 spiro atoms. The van der Waals surface area contributed by atoms with Crippen LogP contribution in [0.25, 0.3) is 16.9 Å². The Balaban J connectivity index is 1.24. The second-order valence-corrected chi connectivity index (χ2v) is 9.62. The lowest BCUT2D eigenvalue weighted by atomic mass is 10.1. The number of imidazole rings is 1. The summed E-state index contributed by atoms with van der Waals surface area (Å²) in [6.45, 7) is 4.02. The number of fused-ring (bicyclic) bond motifs is 1. The topological polar surface area (TPSA) is 134 Å². The van der Waals surface area contributed by atoms with Gasteiger partial charge in [-0.05, 0) is 43.3 Å². The first-order valence-corrected chi connectivity index (χ1v) is 13.1. The number of carbonyl (C=O) groups is 2. The second kappa shape index (κ2) is 11.1. The number of morpholine rings is 1. The van der Waals surface area contributed by atoms with Gasteiger partial charge in [0.25, 0.3) is 11.8 Å². The van der Waals surface area contributed by atoms with E-state index in [2.05, 4.69) is 20.6 Å². The lowest BCUT2D eigenvalue weighted by Gasteiger charge is -2.26. The molecule has 0 saturated carbocycles. The van der Waals surface area contributed by atoms with Gasteiger partial charge < -0.3 is 29.8 Å². The van der Waals surface area contributed by atoms with Crippen molar-refractivity contribution in [3.8, 4) is 17.0 Å². The molecule has 2 amide bonds. The van der Waals surface area contributed by atoms with Gasteiger partial charge in [-0.2, -0.15) is 0 Å². The molecule has 3 N–H and O–H groups in total. The number of aromatic hydroxyl groups is 1. The minimum absolute atomic E-state index is 0.0172. The van der Waals surface area contributed by atoms with E-state index < -0.39 is 5.91 Å². The Kier molecular flexibility index (Phi) is 7.00. The predicted octanol–water partition coefficient (Wildman–Crippen LogP) is 4.27. The summed E-state index contributed by atoms with van der Waals surface area (Å²) in [7, 11) is 0. The van der Waals surface area contributed by atoms with Crippen LogP contribution in [0.15, 0.2) is 79.4 Å². The zero-order chi connectivity index (χ0) is 28.3. The third-order valence-corrected chi connectivity index (χ3v) is 6.75. The summed E-state index contributed by atoms with van der Waals surface area (Å²) < 4.78 is 7.21. The molecule has 3 aromatic heterocycles. The quantitative estimate of drug-likeness (QED) is 0.286. The van der Waals surface area contributed by atoms with E-state index in [0.29, 0.717) is 60.4 Å². The first-order chi connectivity index (χ1) is 19.9. The van der Waals surface area contributed by atoms with Crippen LogP contribution in [0.2, 0.25) is 0 Å². The molecule has 0 unspecified atom stereocenters. The Hall–Kier alpha value is -5.29. The van der Waals surface area contributed by atoms with Gasteiger partial charge in [-0.15, -0.1) is 0 Å². The van der Waals surface area contributed by atoms with Crippen LogP contribution in [0.3, 0.4) is 0 Å². The number of pyridine rings is 1. The standard InChI is InChI=1S/C30H27N7O4/c1-19-15-26(38)24(17-32-19)29(39)34-23-4-2-3-21(16-23)25-18-37-10-9-31-28(37)27(35-25)33-22-7-5-20(6-8-22)30(40)36-11-13-41-14-12-36/h2-10,15-18H,11-14H2,1H3,(H,32,38)(H,33,35)(H,34,39). The average Bonchev–Trinajstić information content (AvgIpc) is 3.47. The summed E-state index contributed by atoms with van der Waals surface area (Å²) in [4.78, 5) is 40.7. The Morgan fingerprint density at radius 1 is 1.00 bits per heavy atom. The summed E-state index contributed by atoms with van der Waals surface area (Å²) in [5.74, 6) is -0.0861. The zero-order valence-corrected chi connectivity index (χ0v) is 22.2. The minimum Gasteiger partial charge on any atom is -0.507 e.